The molecule has 2 N–H and O–H groups in total. The first-order chi connectivity index (χ1) is 9.86. The molecule has 6 heteroatoms. The van der Waals surface area contributed by atoms with Crippen LogP contribution in [-0.4, -0.2) is 16.1 Å². The lowest BCUT2D eigenvalue weighted by Crippen LogP contribution is -2.05. The van der Waals surface area contributed by atoms with E-state index >= 15 is 0 Å². The Morgan fingerprint density at radius 1 is 1.33 bits per heavy atom. The van der Waals surface area contributed by atoms with Crippen LogP contribution >= 0.6 is 11.6 Å². The van der Waals surface area contributed by atoms with E-state index in [4.69, 9.17) is 16.7 Å². The first-order valence-corrected chi connectivity index (χ1v) is 6.72. The van der Waals surface area contributed by atoms with Crippen molar-refractivity contribution in [3.8, 4) is 0 Å². The Kier molecular flexibility index (Phi) is 4.43. The molecule has 2 rings (SSSR count). The molecular weight excluding hydrogens is 295 g/mol. The van der Waals surface area contributed by atoms with Gasteiger partial charge in [0.25, 0.3) is 0 Å². The number of halogens is 2. The van der Waals surface area contributed by atoms with Crippen molar-refractivity contribution >= 4 is 29.1 Å². The lowest BCUT2D eigenvalue weighted by Gasteiger charge is -2.12. The van der Waals surface area contributed by atoms with Gasteiger partial charge in [-0.05, 0) is 36.2 Å². The molecule has 0 spiro atoms. The maximum absolute atomic E-state index is 13.0. The summed E-state index contributed by atoms with van der Waals surface area (Å²) in [6, 6.07) is 6.85. The van der Waals surface area contributed by atoms with Crippen molar-refractivity contribution in [2.45, 2.75) is 19.8 Å². The van der Waals surface area contributed by atoms with Crippen molar-refractivity contribution in [1.29, 1.82) is 0 Å². The molecule has 0 aliphatic rings. The Bertz CT molecular complexity index is 689. The number of pyridine rings is 1. The molecule has 0 atom stereocenters. The van der Waals surface area contributed by atoms with Crippen LogP contribution in [0.25, 0.3) is 0 Å². The summed E-state index contributed by atoms with van der Waals surface area (Å²) >= 11 is 5.94. The number of benzene rings is 1. The van der Waals surface area contributed by atoms with E-state index in [0.29, 0.717) is 17.2 Å². The normalized spacial score (nSPS) is 10.7. The number of aromatic carboxylic acids is 1. The number of carbonyl (C=O) groups is 1. The molecule has 0 bridgehead atoms. The van der Waals surface area contributed by atoms with Crippen LogP contribution in [0.4, 0.5) is 15.9 Å². The van der Waals surface area contributed by atoms with E-state index in [9.17, 15) is 9.18 Å². The number of carboxylic acids is 1. The first kappa shape index (κ1) is 15.3. The van der Waals surface area contributed by atoms with Crippen molar-refractivity contribution in [3.05, 3.63) is 52.4 Å². The van der Waals surface area contributed by atoms with Gasteiger partial charge in [-0.25, -0.2) is 14.2 Å². The van der Waals surface area contributed by atoms with E-state index in [-0.39, 0.29) is 16.5 Å². The molecular formula is C15H14ClFN2O2. The van der Waals surface area contributed by atoms with Crippen molar-refractivity contribution in [2.24, 2.45) is 0 Å². The SMILES string of the molecule is CC(C)c1cc(C(=O)O)cc(Nc2ccc(F)cc2Cl)n1. The zero-order chi connectivity index (χ0) is 15.6. The molecule has 2 aromatic rings. The number of rotatable bonds is 4. The second-order valence-corrected chi connectivity index (χ2v) is 5.28. The van der Waals surface area contributed by atoms with Crippen molar-refractivity contribution in [1.82, 2.24) is 4.98 Å². The van der Waals surface area contributed by atoms with E-state index in [1.807, 2.05) is 13.8 Å². The highest BCUT2D eigenvalue weighted by molar-refractivity contribution is 6.33. The summed E-state index contributed by atoms with van der Waals surface area (Å²) in [4.78, 5) is 15.5. The van der Waals surface area contributed by atoms with Gasteiger partial charge >= 0.3 is 5.97 Å². The summed E-state index contributed by atoms with van der Waals surface area (Å²) in [6.45, 7) is 3.84. The monoisotopic (exact) mass is 308 g/mol. The summed E-state index contributed by atoms with van der Waals surface area (Å²) in [7, 11) is 0. The molecule has 0 aliphatic heterocycles. The van der Waals surface area contributed by atoms with E-state index in [2.05, 4.69) is 10.3 Å². The van der Waals surface area contributed by atoms with Gasteiger partial charge in [0.1, 0.15) is 11.6 Å². The van der Waals surface area contributed by atoms with Crippen LogP contribution in [0.5, 0.6) is 0 Å². The molecule has 0 unspecified atom stereocenters. The van der Waals surface area contributed by atoms with Crippen molar-refractivity contribution in [2.75, 3.05) is 5.32 Å². The summed E-state index contributed by atoms with van der Waals surface area (Å²) in [6.07, 6.45) is 0. The first-order valence-electron chi connectivity index (χ1n) is 6.34. The van der Waals surface area contributed by atoms with E-state index in [1.54, 1.807) is 0 Å². The Balaban J connectivity index is 2.41. The lowest BCUT2D eigenvalue weighted by atomic mass is 10.1. The molecule has 1 heterocycles. The third-order valence-corrected chi connectivity index (χ3v) is 3.19. The van der Waals surface area contributed by atoms with Gasteiger partial charge in [-0.15, -0.1) is 0 Å². The van der Waals surface area contributed by atoms with E-state index in [1.165, 1.54) is 30.3 Å². The molecule has 110 valence electrons. The minimum atomic E-state index is -1.03. The predicted molar refractivity (Wildman–Crippen MR) is 80.0 cm³/mol. The van der Waals surface area contributed by atoms with Crippen molar-refractivity contribution < 1.29 is 14.3 Å². The highest BCUT2D eigenvalue weighted by Crippen LogP contribution is 2.27. The molecule has 0 saturated carbocycles. The molecule has 21 heavy (non-hydrogen) atoms. The second kappa shape index (κ2) is 6.10. The van der Waals surface area contributed by atoms with Gasteiger partial charge in [-0.1, -0.05) is 25.4 Å². The van der Waals surface area contributed by atoms with Gasteiger partial charge in [-0.3, -0.25) is 0 Å². The van der Waals surface area contributed by atoms with Crippen molar-refractivity contribution in [3.63, 3.8) is 0 Å². The van der Waals surface area contributed by atoms with Crippen LogP contribution in [-0.2, 0) is 0 Å². The van der Waals surface area contributed by atoms with E-state index in [0.717, 1.165) is 0 Å². The lowest BCUT2D eigenvalue weighted by molar-refractivity contribution is 0.0696. The average molecular weight is 309 g/mol. The fourth-order valence-corrected chi connectivity index (χ4v) is 1.98. The molecule has 4 nitrogen and oxygen atoms in total. The van der Waals surface area contributed by atoms with Gasteiger partial charge < -0.3 is 10.4 Å². The number of hydrogen-bond acceptors (Lipinski definition) is 3. The quantitative estimate of drug-likeness (QED) is 0.876. The minimum Gasteiger partial charge on any atom is -0.478 e. The average Bonchev–Trinajstić information content (AvgIpc) is 2.41. The summed E-state index contributed by atoms with van der Waals surface area (Å²) < 4.78 is 13.0. The predicted octanol–water partition coefficient (Wildman–Crippen LogP) is 4.44. The van der Waals surface area contributed by atoms with Gasteiger partial charge in [0.2, 0.25) is 0 Å². The molecule has 0 saturated heterocycles. The zero-order valence-corrected chi connectivity index (χ0v) is 12.3. The van der Waals surface area contributed by atoms with Crippen LogP contribution in [0, 0.1) is 5.82 Å². The third kappa shape index (κ3) is 3.70. The van der Waals surface area contributed by atoms with Gasteiger partial charge in [0.15, 0.2) is 0 Å². The van der Waals surface area contributed by atoms with Crippen LogP contribution < -0.4 is 5.32 Å². The summed E-state index contributed by atoms with van der Waals surface area (Å²) in [5.41, 5.74) is 1.24. The zero-order valence-electron chi connectivity index (χ0n) is 11.5. The van der Waals surface area contributed by atoms with E-state index < -0.39 is 11.8 Å². The standard InChI is InChI=1S/C15H14ClFN2O2/c1-8(2)13-5-9(15(20)21)6-14(19-13)18-12-4-3-10(17)7-11(12)16/h3-8H,1-2H3,(H,18,19)(H,20,21). The molecule has 0 fully saturated rings. The fourth-order valence-electron chi connectivity index (χ4n) is 1.76. The Labute approximate surface area is 126 Å². The topological polar surface area (TPSA) is 62.2 Å². The Hall–Kier alpha value is -2.14. The Morgan fingerprint density at radius 2 is 2.05 bits per heavy atom. The summed E-state index contributed by atoms with van der Waals surface area (Å²) in [5.74, 6) is -1.05. The van der Waals surface area contributed by atoms with Gasteiger partial charge in [0, 0.05) is 5.69 Å². The van der Waals surface area contributed by atoms with Crippen LogP contribution in [0.3, 0.4) is 0 Å². The van der Waals surface area contributed by atoms with Crippen LogP contribution in [0.1, 0.15) is 35.8 Å². The minimum absolute atomic E-state index is 0.0774. The number of nitrogens with one attached hydrogen (secondary N) is 1. The smallest absolute Gasteiger partial charge is 0.335 e. The summed E-state index contributed by atoms with van der Waals surface area (Å²) in [5, 5.41) is 12.3. The van der Waals surface area contributed by atoms with Gasteiger partial charge in [-0.2, -0.15) is 0 Å². The molecule has 1 aromatic heterocycles. The Morgan fingerprint density at radius 3 is 2.62 bits per heavy atom. The van der Waals surface area contributed by atoms with Crippen LogP contribution in [0.2, 0.25) is 5.02 Å². The molecule has 0 aliphatic carbocycles. The third-order valence-electron chi connectivity index (χ3n) is 2.88. The fraction of sp³-hybridized carbons (Fsp3) is 0.200. The number of anilines is 2. The highest BCUT2D eigenvalue weighted by atomic mass is 35.5. The second-order valence-electron chi connectivity index (χ2n) is 4.87. The number of hydrogen-bond donors (Lipinski definition) is 2. The number of nitrogens with zero attached hydrogens (tertiary/aromatic N) is 1. The maximum Gasteiger partial charge on any atom is 0.335 e. The van der Waals surface area contributed by atoms with Gasteiger partial charge in [0.05, 0.1) is 16.3 Å². The largest absolute Gasteiger partial charge is 0.478 e. The number of aromatic nitrogens is 1. The molecule has 0 radical (unpaired) electrons. The molecule has 0 amide bonds. The number of carboxylic acid groups (broad SMARTS) is 1. The van der Waals surface area contributed by atoms with Crippen LogP contribution in [0.15, 0.2) is 30.3 Å². The maximum atomic E-state index is 13.0. The highest BCUT2D eigenvalue weighted by Gasteiger charge is 2.12. The molecule has 1 aromatic carbocycles.